The minimum atomic E-state index is -0.217. The largest absolute Gasteiger partial charge is 0.342 e. The van der Waals surface area contributed by atoms with Gasteiger partial charge in [-0.15, -0.1) is 11.3 Å². The van der Waals surface area contributed by atoms with Crippen molar-refractivity contribution in [3.8, 4) is 0 Å². The maximum atomic E-state index is 13.0. The Bertz CT molecular complexity index is 763. The van der Waals surface area contributed by atoms with Gasteiger partial charge in [-0.3, -0.25) is 9.59 Å². The van der Waals surface area contributed by atoms with E-state index < -0.39 is 0 Å². The van der Waals surface area contributed by atoms with Crippen molar-refractivity contribution in [1.82, 2.24) is 4.90 Å². The van der Waals surface area contributed by atoms with Gasteiger partial charge in [-0.1, -0.05) is 24.3 Å². The number of benzene rings is 1. The third-order valence-corrected chi connectivity index (χ3v) is 7.50. The molecule has 0 radical (unpaired) electrons. The number of para-hydroxylation sites is 1. The van der Waals surface area contributed by atoms with Gasteiger partial charge in [0.15, 0.2) is 0 Å². The molecule has 1 aromatic carbocycles. The van der Waals surface area contributed by atoms with Crippen molar-refractivity contribution >= 4 is 40.6 Å². The van der Waals surface area contributed by atoms with E-state index in [-0.39, 0.29) is 17.7 Å². The van der Waals surface area contributed by atoms with Gasteiger partial charge in [-0.25, -0.2) is 0 Å². The van der Waals surface area contributed by atoms with Gasteiger partial charge in [0.05, 0.1) is 5.92 Å². The Kier molecular flexibility index (Phi) is 5.31. The van der Waals surface area contributed by atoms with Crippen LogP contribution in [0.25, 0.3) is 0 Å². The number of hydrogen-bond donors (Lipinski definition) is 0. The maximum absolute atomic E-state index is 13.0. The average Bonchev–Trinajstić information content (AvgIpc) is 3.26. The summed E-state index contributed by atoms with van der Waals surface area (Å²) in [6.07, 6.45) is 1.31. The second-order valence-corrected chi connectivity index (χ2v) is 9.02. The molecule has 0 spiro atoms. The van der Waals surface area contributed by atoms with E-state index in [9.17, 15) is 9.59 Å². The molecule has 2 saturated heterocycles. The Balaban J connectivity index is 1.39. The number of anilines is 1. The molecule has 2 aromatic rings. The summed E-state index contributed by atoms with van der Waals surface area (Å²) < 4.78 is 0. The van der Waals surface area contributed by atoms with Gasteiger partial charge in [-0.2, -0.15) is 11.8 Å². The highest BCUT2D eigenvalue weighted by atomic mass is 32.2. The Morgan fingerprint density at radius 3 is 2.69 bits per heavy atom. The highest BCUT2D eigenvalue weighted by molar-refractivity contribution is 7.99. The zero-order valence-corrected chi connectivity index (χ0v) is 16.2. The van der Waals surface area contributed by atoms with Crippen molar-refractivity contribution < 1.29 is 9.59 Å². The summed E-state index contributed by atoms with van der Waals surface area (Å²) in [5, 5.41) is 2.60. The van der Waals surface area contributed by atoms with Gasteiger partial charge in [0.25, 0.3) is 0 Å². The zero-order valence-electron chi connectivity index (χ0n) is 14.5. The topological polar surface area (TPSA) is 40.6 Å². The van der Waals surface area contributed by atoms with Crippen LogP contribution in [0.4, 0.5) is 5.69 Å². The van der Waals surface area contributed by atoms with E-state index in [0.717, 1.165) is 31.0 Å². The molecule has 2 aliphatic heterocycles. The third kappa shape index (κ3) is 3.67. The predicted octanol–water partition coefficient (Wildman–Crippen LogP) is 3.81. The van der Waals surface area contributed by atoms with E-state index in [4.69, 9.17) is 0 Å². The van der Waals surface area contributed by atoms with E-state index in [2.05, 4.69) is 17.5 Å². The lowest BCUT2D eigenvalue weighted by Crippen LogP contribution is -2.38. The standard InChI is InChI=1S/C20H22N2O2S2/c23-19-13-15(14-22(19)16-5-2-1-3-6-16)20(24)21-9-8-18(26-12-10-21)17-7-4-11-25-17/h1-7,11,15,18H,8-10,12-14H2. The van der Waals surface area contributed by atoms with Crippen molar-refractivity contribution in [2.75, 3.05) is 30.3 Å². The van der Waals surface area contributed by atoms with Gasteiger partial charge >= 0.3 is 0 Å². The molecule has 2 fully saturated rings. The molecular formula is C20H22N2O2S2. The summed E-state index contributed by atoms with van der Waals surface area (Å²) in [6.45, 7) is 2.06. The fourth-order valence-corrected chi connectivity index (χ4v) is 5.92. The molecule has 136 valence electrons. The van der Waals surface area contributed by atoms with Crippen LogP contribution in [0.3, 0.4) is 0 Å². The molecule has 26 heavy (non-hydrogen) atoms. The number of amides is 2. The second-order valence-electron chi connectivity index (χ2n) is 6.73. The SMILES string of the molecule is O=C(C1CC(=O)N(c2ccccc2)C1)N1CCSC(c2cccs2)CC1. The van der Waals surface area contributed by atoms with Gasteiger partial charge in [0.2, 0.25) is 11.8 Å². The maximum Gasteiger partial charge on any atom is 0.228 e. The van der Waals surface area contributed by atoms with Gasteiger partial charge in [0, 0.05) is 47.6 Å². The second kappa shape index (κ2) is 7.84. The summed E-state index contributed by atoms with van der Waals surface area (Å²) >= 11 is 3.74. The number of nitrogens with zero attached hydrogens (tertiary/aromatic N) is 2. The van der Waals surface area contributed by atoms with Crippen molar-refractivity contribution in [3.05, 3.63) is 52.7 Å². The fraction of sp³-hybridized carbons (Fsp3) is 0.400. The molecule has 4 rings (SSSR count). The van der Waals surface area contributed by atoms with Crippen LogP contribution in [0.2, 0.25) is 0 Å². The first-order chi connectivity index (χ1) is 12.7. The van der Waals surface area contributed by atoms with Crippen LogP contribution in [-0.2, 0) is 9.59 Å². The number of hydrogen-bond acceptors (Lipinski definition) is 4. The number of thioether (sulfide) groups is 1. The van der Waals surface area contributed by atoms with Crippen LogP contribution in [0.15, 0.2) is 47.8 Å². The average molecular weight is 387 g/mol. The van der Waals surface area contributed by atoms with Crippen LogP contribution < -0.4 is 4.90 Å². The fourth-order valence-electron chi connectivity index (χ4n) is 3.68. The molecular weight excluding hydrogens is 364 g/mol. The molecule has 0 N–H and O–H groups in total. The third-order valence-electron chi connectivity index (χ3n) is 5.06. The monoisotopic (exact) mass is 386 g/mol. The van der Waals surface area contributed by atoms with Gasteiger partial charge in [-0.05, 0) is 30.0 Å². The van der Waals surface area contributed by atoms with Crippen molar-refractivity contribution in [1.29, 1.82) is 0 Å². The van der Waals surface area contributed by atoms with E-state index in [0.29, 0.717) is 18.2 Å². The first-order valence-electron chi connectivity index (χ1n) is 9.01. The summed E-state index contributed by atoms with van der Waals surface area (Å²) in [4.78, 5) is 30.5. The quantitative estimate of drug-likeness (QED) is 0.805. The molecule has 1 aromatic heterocycles. The molecule has 3 heterocycles. The lowest BCUT2D eigenvalue weighted by atomic mass is 10.1. The molecule has 4 nitrogen and oxygen atoms in total. The molecule has 6 heteroatoms. The van der Waals surface area contributed by atoms with Crippen LogP contribution in [-0.4, -0.2) is 42.1 Å². The van der Waals surface area contributed by atoms with Crippen LogP contribution >= 0.6 is 23.1 Å². The van der Waals surface area contributed by atoms with Crippen molar-refractivity contribution in [2.24, 2.45) is 5.92 Å². The van der Waals surface area contributed by atoms with E-state index in [1.807, 2.05) is 47.0 Å². The minimum Gasteiger partial charge on any atom is -0.342 e. The number of thiophene rings is 1. The Morgan fingerprint density at radius 2 is 1.92 bits per heavy atom. The lowest BCUT2D eigenvalue weighted by Gasteiger charge is -2.24. The lowest BCUT2D eigenvalue weighted by molar-refractivity contribution is -0.135. The van der Waals surface area contributed by atoms with E-state index in [1.54, 1.807) is 16.2 Å². The molecule has 2 unspecified atom stereocenters. The van der Waals surface area contributed by atoms with Gasteiger partial charge < -0.3 is 9.80 Å². The van der Waals surface area contributed by atoms with Crippen LogP contribution in [0.5, 0.6) is 0 Å². The first kappa shape index (κ1) is 17.6. The molecule has 0 bridgehead atoms. The highest BCUT2D eigenvalue weighted by Gasteiger charge is 2.37. The Labute approximate surface area is 162 Å². The molecule has 0 aliphatic carbocycles. The van der Waals surface area contributed by atoms with Crippen LogP contribution in [0, 0.1) is 5.92 Å². The summed E-state index contributed by atoms with van der Waals surface area (Å²) in [6, 6.07) is 13.9. The van der Waals surface area contributed by atoms with Gasteiger partial charge in [0.1, 0.15) is 0 Å². The highest BCUT2D eigenvalue weighted by Crippen LogP contribution is 2.37. The molecule has 2 atom stereocenters. The normalized spacial score (nSPS) is 23.9. The number of carbonyl (C=O) groups excluding carboxylic acids is 2. The number of rotatable bonds is 3. The molecule has 0 saturated carbocycles. The van der Waals surface area contributed by atoms with Crippen molar-refractivity contribution in [2.45, 2.75) is 18.1 Å². The minimum absolute atomic E-state index is 0.0511. The van der Waals surface area contributed by atoms with E-state index in [1.165, 1.54) is 4.88 Å². The molecule has 2 amide bonds. The zero-order chi connectivity index (χ0) is 17.9. The summed E-state index contributed by atoms with van der Waals surface area (Å²) in [7, 11) is 0. The Hall–Kier alpha value is -1.79. The molecule has 2 aliphatic rings. The predicted molar refractivity (Wildman–Crippen MR) is 108 cm³/mol. The van der Waals surface area contributed by atoms with E-state index >= 15 is 0 Å². The Morgan fingerprint density at radius 1 is 1.08 bits per heavy atom. The number of carbonyl (C=O) groups is 2. The summed E-state index contributed by atoms with van der Waals surface area (Å²) in [5.41, 5.74) is 0.886. The summed E-state index contributed by atoms with van der Waals surface area (Å²) in [5.74, 6) is 0.933. The van der Waals surface area contributed by atoms with Crippen LogP contribution in [0.1, 0.15) is 23.0 Å². The first-order valence-corrected chi connectivity index (χ1v) is 10.9. The van der Waals surface area contributed by atoms with Crippen molar-refractivity contribution in [3.63, 3.8) is 0 Å². The smallest absolute Gasteiger partial charge is 0.228 e.